The first-order chi connectivity index (χ1) is 11.8. The third kappa shape index (κ3) is 2.79. The van der Waals surface area contributed by atoms with E-state index in [1.807, 2.05) is 0 Å². The molecule has 3 rings (SSSR count). The lowest BCUT2D eigenvalue weighted by atomic mass is 10.0. The quantitative estimate of drug-likeness (QED) is 0.924. The summed E-state index contributed by atoms with van der Waals surface area (Å²) in [7, 11) is 0. The lowest BCUT2D eigenvalue weighted by Gasteiger charge is -2.25. The van der Waals surface area contributed by atoms with Crippen molar-refractivity contribution in [2.75, 3.05) is 6.54 Å². The van der Waals surface area contributed by atoms with E-state index in [1.54, 1.807) is 11.8 Å². The molecule has 7 heteroatoms. The van der Waals surface area contributed by atoms with Crippen LogP contribution in [0.3, 0.4) is 0 Å². The highest BCUT2D eigenvalue weighted by Gasteiger charge is 2.29. The van der Waals surface area contributed by atoms with Crippen LogP contribution < -0.4 is 5.56 Å². The van der Waals surface area contributed by atoms with Gasteiger partial charge in [0.15, 0.2) is 0 Å². The molecule has 1 aromatic heterocycles. The van der Waals surface area contributed by atoms with Crippen molar-refractivity contribution in [1.82, 2.24) is 9.47 Å². The highest BCUT2D eigenvalue weighted by Crippen LogP contribution is 2.24. The second kappa shape index (κ2) is 6.31. The molecule has 1 aliphatic rings. The molecule has 1 aliphatic heterocycles. The van der Waals surface area contributed by atoms with Gasteiger partial charge in [0.2, 0.25) is 5.91 Å². The molecule has 0 aliphatic carbocycles. The third-order valence-corrected chi connectivity index (χ3v) is 4.90. The van der Waals surface area contributed by atoms with Gasteiger partial charge in [-0.15, -0.1) is 0 Å². The molecule has 1 saturated heterocycles. The van der Waals surface area contributed by atoms with E-state index < -0.39 is 17.3 Å². The van der Waals surface area contributed by atoms with Crippen LogP contribution in [-0.4, -0.2) is 39.0 Å². The molecule has 1 amide bonds. The number of amides is 1. The van der Waals surface area contributed by atoms with Gasteiger partial charge in [-0.2, -0.15) is 0 Å². The molecule has 2 heterocycles. The average molecular weight is 346 g/mol. The van der Waals surface area contributed by atoms with E-state index in [2.05, 4.69) is 0 Å². The van der Waals surface area contributed by atoms with Gasteiger partial charge in [0.05, 0.1) is 10.9 Å². The van der Waals surface area contributed by atoms with Gasteiger partial charge in [-0.25, -0.2) is 9.18 Å². The number of nitrogens with zero attached hydrogens (tertiary/aromatic N) is 2. The number of carboxylic acid groups (broad SMARTS) is 1. The summed E-state index contributed by atoms with van der Waals surface area (Å²) in [5, 5.41) is 9.44. The summed E-state index contributed by atoms with van der Waals surface area (Å²) < 4.78 is 15.5. The summed E-state index contributed by atoms with van der Waals surface area (Å²) in [4.78, 5) is 38.0. The van der Waals surface area contributed by atoms with Gasteiger partial charge < -0.3 is 14.6 Å². The Morgan fingerprint density at radius 1 is 1.36 bits per heavy atom. The van der Waals surface area contributed by atoms with Crippen LogP contribution >= 0.6 is 0 Å². The fraction of sp³-hybridized carbons (Fsp3) is 0.389. The molecular weight excluding hydrogens is 327 g/mol. The summed E-state index contributed by atoms with van der Waals surface area (Å²) in [6.45, 7) is 3.79. The number of aromatic nitrogens is 1. The number of halogens is 1. The second-order valence-corrected chi connectivity index (χ2v) is 6.35. The van der Waals surface area contributed by atoms with Gasteiger partial charge in [0, 0.05) is 37.1 Å². The predicted octanol–water partition coefficient (Wildman–Crippen LogP) is 2.16. The molecule has 2 aromatic rings. The second-order valence-electron chi connectivity index (χ2n) is 6.35. The summed E-state index contributed by atoms with van der Waals surface area (Å²) in [6.07, 6.45) is 1.55. The van der Waals surface area contributed by atoms with Crippen LogP contribution in [-0.2, 0) is 11.3 Å². The summed E-state index contributed by atoms with van der Waals surface area (Å²) in [5.41, 5.74) is -0.376. The maximum absolute atomic E-state index is 14.2. The van der Waals surface area contributed by atoms with E-state index in [1.165, 1.54) is 23.6 Å². The minimum Gasteiger partial charge on any atom is -0.478 e. The van der Waals surface area contributed by atoms with E-state index in [4.69, 9.17) is 0 Å². The molecular formula is C18H19FN2O4. The van der Waals surface area contributed by atoms with Crippen LogP contribution in [0.1, 0.15) is 35.8 Å². The van der Waals surface area contributed by atoms with E-state index in [-0.39, 0.29) is 40.5 Å². The maximum atomic E-state index is 14.2. The first-order valence-corrected chi connectivity index (χ1v) is 8.15. The van der Waals surface area contributed by atoms with Crippen molar-refractivity contribution in [3.8, 4) is 0 Å². The monoisotopic (exact) mass is 346 g/mol. The van der Waals surface area contributed by atoms with Gasteiger partial charge in [-0.05, 0) is 25.8 Å². The van der Waals surface area contributed by atoms with E-state index >= 15 is 0 Å². The number of pyridine rings is 1. The lowest BCUT2D eigenvalue weighted by molar-refractivity contribution is -0.129. The molecule has 0 bridgehead atoms. The van der Waals surface area contributed by atoms with Crippen molar-refractivity contribution in [2.24, 2.45) is 0 Å². The van der Waals surface area contributed by atoms with Crippen LogP contribution in [0.25, 0.3) is 10.8 Å². The van der Waals surface area contributed by atoms with Gasteiger partial charge in [0.25, 0.3) is 5.56 Å². The third-order valence-electron chi connectivity index (χ3n) is 4.90. The number of carboxylic acids is 1. The van der Waals surface area contributed by atoms with Crippen molar-refractivity contribution >= 4 is 22.6 Å². The highest BCUT2D eigenvalue weighted by atomic mass is 19.1. The van der Waals surface area contributed by atoms with Crippen molar-refractivity contribution in [3.05, 3.63) is 45.6 Å². The Labute approximate surface area is 143 Å². The number of hydrogen-bond donors (Lipinski definition) is 1. The van der Waals surface area contributed by atoms with Crippen LogP contribution in [0.2, 0.25) is 0 Å². The Balaban J connectivity index is 2.22. The molecule has 25 heavy (non-hydrogen) atoms. The van der Waals surface area contributed by atoms with Crippen LogP contribution in [0, 0.1) is 12.7 Å². The Kier molecular flexibility index (Phi) is 4.32. The number of rotatable bonds is 3. The number of fused-ring (bicyclic) bond motifs is 1. The molecule has 6 nitrogen and oxygen atoms in total. The molecule has 132 valence electrons. The van der Waals surface area contributed by atoms with Gasteiger partial charge >= 0.3 is 5.97 Å². The van der Waals surface area contributed by atoms with Crippen molar-refractivity contribution in [3.63, 3.8) is 0 Å². The molecule has 1 N–H and O–H groups in total. The summed E-state index contributed by atoms with van der Waals surface area (Å²) in [5.74, 6) is -2.04. The van der Waals surface area contributed by atoms with Gasteiger partial charge in [0.1, 0.15) is 5.82 Å². The van der Waals surface area contributed by atoms with Crippen molar-refractivity contribution in [1.29, 1.82) is 0 Å². The first kappa shape index (κ1) is 17.1. The number of likely N-dealkylation sites (tertiary alicyclic amines) is 1. The molecule has 0 unspecified atom stereocenters. The molecule has 0 spiro atoms. The Bertz CT molecular complexity index is 935. The maximum Gasteiger partial charge on any atom is 0.338 e. The highest BCUT2D eigenvalue weighted by molar-refractivity contribution is 6.04. The van der Waals surface area contributed by atoms with E-state index in [9.17, 15) is 23.9 Å². The minimum absolute atomic E-state index is 0.0820. The normalized spacial score (nSPS) is 17.2. The van der Waals surface area contributed by atoms with Gasteiger partial charge in [-0.3, -0.25) is 9.59 Å². The number of carbonyl (C=O) groups is 2. The largest absolute Gasteiger partial charge is 0.478 e. The average Bonchev–Trinajstić information content (AvgIpc) is 2.99. The van der Waals surface area contributed by atoms with Crippen molar-refractivity contribution < 1.29 is 19.1 Å². The lowest BCUT2D eigenvalue weighted by Crippen LogP contribution is -2.40. The number of aromatic carboxylic acids is 1. The zero-order valence-corrected chi connectivity index (χ0v) is 14.1. The fourth-order valence-electron chi connectivity index (χ4n) is 3.71. The SMILES string of the molecule is CC(=O)N1CCC[C@@H]1Cn1c(C)c(C(=O)O)c2cccc(F)c2c1=O. The van der Waals surface area contributed by atoms with Crippen LogP contribution in [0.5, 0.6) is 0 Å². The van der Waals surface area contributed by atoms with E-state index in [0.717, 1.165) is 18.9 Å². The Morgan fingerprint density at radius 2 is 2.08 bits per heavy atom. The minimum atomic E-state index is -1.21. The molecule has 1 aromatic carbocycles. The van der Waals surface area contributed by atoms with Crippen LogP contribution in [0.15, 0.2) is 23.0 Å². The summed E-state index contributed by atoms with van der Waals surface area (Å²) in [6, 6.07) is 3.78. The standard InChI is InChI=1S/C18H19FN2O4/c1-10-15(18(24)25)13-6-3-7-14(19)16(13)17(23)21(10)9-12-5-4-8-20(12)11(2)22/h3,6-7,12H,4-5,8-9H2,1-2H3,(H,24,25)/t12-/m1/s1. The van der Waals surface area contributed by atoms with E-state index in [0.29, 0.717) is 6.54 Å². The Morgan fingerprint density at radius 3 is 2.72 bits per heavy atom. The number of benzene rings is 1. The zero-order chi connectivity index (χ0) is 18.3. The topological polar surface area (TPSA) is 79.6 Å². The van der Waals surface area contributed by atoms with Gasteiger partial charge in [-0.1, -0.05) is 12.1 Å². The Hall–Kier alpha value is -2.70. The van der Waals surface area contributed by atoms with Crippen LogP contribution in [0.4, 0.5) is 4.39 Å². The number of hydrogen-bond acceptors (Lipinski definition) is 3. The zero-order valence-electron chi connectivity index (χ0n) is 14.1. The molecule has 0 radical (unpaired) electrons. The molecule has 1 atom stereocenters. The molecule has 0 saturated carbocycles. The smallest absolute Gasteiger partial charge is 0.338 e. The number of carbonyl (C=O) groups excluding carboxylic acids is 1. The van der Waals surface area contributed by atoms with Crippen molar-refractivity contribution in [2.45, 2.75) is 39.3 Å². The first-order valence-electron chi connectivity index (χ1n) is 8.15. The fourth-order valence-corrected chi connectivity index (χ4v) is 3.71. The summed E-state index contributed by atoms with van der Waals surface area (Å²) >= 11 is 0. The predicted molar refractivity (Wildman–Crippen MR) is 90.3 cm³/mol. The molecule has 1 fully saturated rings.